The summed E-state index contributed by atoms with van der Waals surface area (Å²) in [5.41, 5.74) is 0.168. The van der Waals surface area contributed by atoms with Crippen molar-refractivity contribution < 1.29 is 9.50 Å². The lowest BCUT2D eigenvalue weighted by molar-refractivity contribution is -0.103. The molecule has 0 amide bonds. The molecular weight excluding hydrogens is 193 g/mol. The van der Waals surface area contributed by atoms with Crippen molar-refractivity contribution in [2.24, 2.45) is 0 Å². The van der Waals surface area contributed by atoms with E-state index in [1.54, 1.807) is 12.1 Å². The van der Waals surface area contributed by atoms with Gasteiger partial charge in [0.25, 0.3) is 0 Å². The molecule has 0 radical (unpaired) electrons. The predicted octanol–water partition coefficient (Wildman–Crippen LogP) is 1.78. The van der Waals surface area contributed by atoms with E-state index in [9.17, 15) is 9.50 Å². The lowest BCUT2D eigenvalue weighted by Crippen LogP contribution is -2.60. The molecule has 15 heavy (non-hydrogen) atoms. The lowest BCUT2D eigenvalue weighted by Gasteiger charge is -2.46. The van der Waals surface area contributed by atoms with Gasteiger partial charge in [0.05, 0.1) is 5.60 Å². The third kappa shape index (κ3) is 2.19. The molecular formula is C12H16FNO. The smallest absolute Gasteiger partial charge is 0.127 e. The summed E-state index contributed by atoms with van der Waals surface area (Å²) in [7, 11) is 0. The molecule has 0 aliphatic carbocycles. The van der Waals surface area contributed by atoms with Gasteiger partial charge in [0.15, 0.2) is 0 Å². The van der Waals surface area contributed by atoms with Crippen LogP contribution in [0.5, 0.6) is 0 Å². The van der Waals surface area contributed by atoms with Crippen molar-refractivity contribution in [3.05, 3.63) is 35.6 Å². The molecule has 1 aliphatic heterocycles. The van der Waals surface area contributed by atoms with Crippen LogP contribution in [0.4, 0.5) is 4.39 Å². The summed E-state index contributed by atoms with van der Waals surface area (Å²) in [5, 5.41) is 9.80. The first-order valence-electron chi connectivity index (χ1n) is 5.31. The van der Waals surface area contributed by atoms with E-state index in [0.717, 1.165) is 6.42 Å². The van der Waals surface area contributed by atoms with E-state index in [2.05, 4.69) is 4.90 Å². The molecule has 1 aliphatic rings. The number of likely N-dealkylation sites (tertiary alicyclic amines) is 1. The molecule has 1 aromatic rings. The van der Waals surface area contributed by atoms with Crippen LogP contribution in [-0.4, -0.2) is 28.7 Å². The maximum atomic E-state index is 13.3. The minimum atomic E-state index is -0.536. The van der Waals surface area contributed by atoms with Crippen LogP contribution >= 0.6 is 0 Å². The van der Waals surface area contributed by atoms with Gasteiger partial charge in [-0.25, -0.2) is 4.39 Å². The SMILES string of the molecule is CCC1(O)CN(Cc2ccccc2F)C1. The van der Waals surface area contributed by atoms with Crippen LogP contribution in [-0.2, 0) is 6.54 Å². The highest BCUT2D eigenvalue weighted by Crippen LogP contribution is 2.26. The van der Waals surface area contributed by atoms with Gasteiger partial charge in [-0.1, -0.05) is 25.1 Å². The van der Waals surface area contributed by atoms with Gasteiger partial charge in [0, 0.05) is 25.2 Å². The Labute approximate surface area is 89.3 Å². The topological polar surface area (TPSA) is 23.5 Å². The number of nitrogens with zero attached hydrogens (tertiary/aromatic N) is 1. The van der Waals surface area contributed by atoms with E-state index in [4.69, 9.17) is 0 Å². The summed E-state index contributed by atoms with van der Waals surface area (Å²) in [6.07, 6.45) is 0.765. The van der Waals surface area contributed by atoms with Gasteiger partial charge in [0.1, 0.15) is 5.82 Å². The average molecular weight is 209 g/mol. The second kappa shape index (κ2) is 3.91. The quantitative estimate of drug-likeness (QED) is 0.820. The largest absolute Gasteiger partial charge is 0.387 e. The van der Waals surface area contributed by atoms with E-state index in [0.29, 0.717) is 25.2 Å². The third-order valence-corrected chi connectivity index (χ3v) is 3.05. The molecule has 1 saturated heterocycles. The molecule has 0 aromatic heterocycles. The Morgan fingerprint density at radius 2 is 2.07 bits per heavy atom. The Bertz CT molecular complexity index is 347. The van der Waals surface area contributed by atoms with E-state index >= 15 is 0 Å². The number of hydrogen-bond acceptors (Lipinski definition) is 2. The number of halogens is 1. The number of hydrogen-bond donors (Lipinski definition) is 1. The molecule has 1 heterocycles. The van der Waals surface area contributed by atoms with Gasteiger partial charge in [-0.2, -0.15) is 0 Å². The fourth-order valence-electron chi connectivity index (χ4n) is 1.99. The highest BCUT2D eigenvalue weighted by atomic mass is 19.1. The standard InChI is InChI=1S/C12H16FNO/c1-2-12(15)8-14(9-12)7-10-5-3-4-6-11(10)13/h3-6,15H,2,7-9H2,1H3. The van der Waals surface area contributed by atoms with Crippen LogP contribution < -0.4 is 0 Å². The number of rotatable bonds is 3. The maximum Gasteiger partial charge on any atom is 0.127 e. The normalized spacial score (nSPS) is 19.9. The van der Waals surface area contributed by atoms with Crippen molar-refractivity contribution in [1.29, 1.82) is 0 Å². The Kier molecular flexibility index (Phi) is 2.76. The van der Waals surface area contributed by atoms with Gasteiger partial charge >= 0.3 is 0 Å². The Hall–Kier alpha value is -0.930. The predicted molar refractivity (Wildman–Crippen MR) is 56.9 cm³/mol. The second-order valence-corrected chi connectivity index (χ2v) is 4.31. The minimum absolute atomic E-state index is 0.163. The maximum absolute atomic E-state index is 13.3. The van der Waals surface area contributed by atoms with Crippen molar-refractivity contribution in [3.63, 3.8) is 0 Å². The van der Waals surface area contributed by atoms with Crippen LogP contribution in [0.25, 0.3) is 0 Å². The molecule has 82 valence electrons. The first-order chi connectivity index (χ1) is 7.13. The molecule has 0 bridgehead atoms. The van der Waals surface area contributed by atoms with Gasteiger partial charge in [-0.05, 0) is 12.5 Å². The highest BCUT2D eigenvalue weighted by molar-refractivity contribution is 5.18. The van der Waals surface area contributed by atoms with Gasteiger partial charge < -0.3 is 5.11 Å². The summed E-state index contributed by atoms with van der Waals surface area (Å²) in [4.78, 5) is 2.06. The minimum Gasteiger partial charge on any atom is -0.387 e. The Balaban J connectivity index is 1.93. The van der Waals surface area contributed by atoms with E-state index < -0.39 is 5.60 Å². The summed E-state index contributed by atoms with van der Waals surface area (Å²) in [5.74, 6) is -0.163. The molecule has 2 nitrogen and oxygen atoms in total. The molecule has 1 aromatic carbocycles. The first-order valence-corrected chi connectivity index (χ1v) is 5.31. The van der Waals surface area contributed by atoms with E-state index in [-0.39, 0.29) is 5.82 Å². The average Bonchev–Trinajstić information content (AvgIpc) is 2.18. The van der Waals surface area contributed by atoms with Crippen LogP contribution in [0, 0.1) is 5.82 Å². The second-order valence-electron chi connectivity index (χ2n) is 4.31. The zero-order valence-electron chi connectivity index (χ0n) is 8.91. The summed E-state index contributed by atoms with van der Waals surface area (Å²) < 4.78 is 13.3. The molecule has 0 unspecified atom stereocenters. The fourth-order valence-corrected chi connectivity index (χ4v) is 1.99. The van der Waals surface area contributed by atoms with Crippen molar-refractivity contribution >= 4 is 0 Å². The monoisotopic (exact) mass is 209 g/mol. The number of benzene rings is 1. The molecule has 0 atom stereocenters. The lowest BCUT2D eigenvalue weighted by atomic mass is 9.91. The molecule has 0 saturated carbocycles. The van der Waals surface area contributed by atoms with Gasteiger partial charge in [-0.3, -0.25) is 4.90 Å². The summed E-state index contributed by atoms with van der Waals surface area (Å²) in [6, 6.07) is 6.79. The van der Waals surface area contributed by atoms with E-state index in [1.165, 1.54) is 6.07 Å². The molecule has 0 spiro atoms. The van der Waals surface area contributed by atoms with Crippen LogP contribution in [0.2, 0.25) is 0 Å². The van der Waals surface area contributed by atoms with Crippen molar-refractivity contribution in [1.82, 2.24) is 4.90 Å². The van der Waals surface area contributed by atoms with Crippen LogP contribution in [0.3, 0.4) is 0 Å². The summed E-state index contributed by atoms with van der Waals surface area (Å²) in [6.45, 7) is 3.87. The number of β-amino-alcohol motifs (C(OH)–C–C–N with tert-alkyl or cyclic N) is 1. The van der Waals surface area contributed by atoms with Gasteiger partial charge in [-0.15, -0.1) is 0 Å². The zero-order valence-corrected chi connectivity index (χ0v) is 8.91. The van der Waals surface area contributed by atoms with Gasteiger partial charge in [0.2, 0.25) is 0 Å². The fraction of sp³-hybridized carbons (Fsp3) is 0.500. The van der Waals surface area contributed by atoms with Crippen molar-refractivity contribution in [2.75, 3.05) is 13.1 Å². The highest BCUT2D eigenvalue weighted by Gasteiger charge is 2.39. The first kappa shape index (κ1) is 10.6. The van der Waals surface area contributed by atoms with Crippen LogP contribution in [0.15, 0.2) is 24.3 Å². The van der Waals surface area contributed by atoms with Crippen LogP contribution in [0.1, 0.15) is 18.9 Å². The third-order valence-electron chi connectivity index (χ3n) is 3.05. The molecule has 1 fully saturated rings. The zero-order chi connectivity index (χ0) is 10.9. The Morgan fingerprint density at radius 1 is 1.40 bits per heavy atom. The molecule has 1 N–H and O–H groups in total. The molecule has 2 rings (SSSR count). The van der Waals surface area contributed by atoms with Crippen molar-refractivity contribution in [2.45, 2.75) is 25.5 Å². The Morgan fingerprint density at radius 3 is 2.67 bits per heavy atom. The van der Waals surface area contributed by atoms with E-state index in [1.807, 2.05) is 13.0 Å². The number of aliphatic hydroxyl groups is 1. The molecule has 3 heteroatoms. The summed E-state index contributed by atoms with van der Waals surface area (Å²) >= 11 is 0. The van der Waals surface area contributed by atoms with Crippen molar-refractivity contribution in [3.8, 4) is 0 Å².